The van der Waals surface area contributed by atoms with Gasteiger partial charge in [-0.1, -0.05) is 17.7 Å². The number of carbonyl (C=O) groups is 1. The fraction of sp³-hybridized carbons (Fsp3) is 0.462. The summed E-state index contributed by atoms with van der Waals surface area (Å²) in [5.74, 6) is -1.44. The summed E-state index contributed by atoms with van der Waals surface area (Å²) in [6.45, 7) is 2.08. The van der Waals surface area contributed by atoms with Gasteiger partial charge in [-0.2, -0.15) is 0 Å². The quantitative estimate of drug-likeness (QED) is 0.920. The molecule has 98 valence electrons. The molecule has 3 nitrogen and oxygen atoms in total. The molecule has 0 radical (unpaired) electrons. The van der Waals surface area contributed by atoms with E-state index in [9.17, 15) is 14.3 Å². The van der Waals surface area contributed by atoms with Crippen molar-refractivity contribution in [3.63, 3.8) is 0 Å². The minimum atomic E-state index is -1.09. The van der Waals surface area contributed by atoms with E-state index in [0.29, 0.717) is 13.0 Å². The number of benzene rings is 1. The molecule has 18 heavy (non-hydrogen) atoms. The van der Waals surface area contributed by atoms with Crippen molar-refractivity contribution < 1.29 is 19.0 Å². The molecule has 0 bridgehead atoms. The Bertz CT molecular complexity index is 457. The van der Waals surface area contributed by atoms with E-state index in [1.807, 2.05) is 0 Å². The molecule has 2 unspecified atom stereocenters. The first kappa shape index (κ1) is 13.3. The number of carboxylic acid groups (broad SMARTS) is 1. The molecule has 1 N–H and O–H groups in total. The van der Waals surface area contributed by atoms with E-state index < -0.39 is 23.3 Å². The summed E-state index contributed by atoms with van der Waals surface area (Å²) in [5.41, 5.74) is -0.842. The predicted octanol–water partition coefficient (Wildman–Crippen LogP) is 2.90. The van der Waals surface area contributed by atoms with Crippen LogP contribution in [-0.4, -0.2) is 23.8 Å². The molecular weight excluding hydrogens is 259 g/mol. The van der Waals surface area contributed by atoms with Gasteiger partial charge in [-0.05, 0) is 31.9 Å². The lowest BCUT2D eigenvalue weighted by Gasteiger charge is -2.28. The van der Waals surface area contributed by atoms with Crippen molar-refractivity contribution in [2.75, 3.05) is 6.61 Å². The van der Waals surface area contributed by atoms with Crippen LogP contribution in [-0.2, 0) is 16.0 Å². The van der Waals surface area contributed by atoms with Crippen molar-refractivity contribution in [3.05, 3.63) is 34.6 Å². The highest BCUT2D eigenvalue weighted by molar-refractivity contribution is 6.31. The molecular formula is C13H14ClFO3. The summed E-state index contributed by atoms with van der Waals surface area (Å²) in [4.78, 5) is 11.5. The second-order valence-corrected chi connectivity index (χ2v) is 5.01. The highest BCUT2D eigenvalue weighted by Gasteiger charge is 2.49. The predicted molar refractivity (Wildman–Crippen MR) is 65.2 cm³/mol. The smallest absolute Gasteiger partial charge is 0.312 e. The van der Waals surface area contributed by atoms with E-state index in [2.05, 4.69) is 0 Å². The molecule has 1 aliphatic rings. The molecule has 0 amide bonds. The number of carboxylic acids is 1. The molecule has 1 saturated heterocycles. The molecule has 1 fully saturated rings. The third-order valence-electron chi connectivity index (χ3n) is 3.67. The van der Waals surface area contributed by atoms with Crippen LogP contribution in [0.25, 0.3) is 0 Å². The van der Waals surface area contributed by atoms with Crippen molar-refractivity contribution in [3.8, 4) is 0 Å². The highest BCUT2D eigenvalue weighted by Crippen LogP contribution is 2.40. The summed E-state index contributed by atoms with van der Waals surface area (Å²) in [5, 5.41) is 9.69. The van der Waals surface area contributed by atoms with E-state index in [-0.39, 0.29) is 17.0 Å². The van der Waals surface area contributed by atoms with Crippen molar-refractivity contribution >= 4 is 17.6 Å². The van der Waals surface area contributed by atoms with Gasteiger partial charge in [0.2, 0.25) is 0 Å². The van der Waals surface area contributed by atoms with Crippen LogP contribution in [0.1, 0.15) is 18.9 Å². The van der Waals surface area contributed by atoms with Gasteiger partial charge in [0.1, 0.15) is 5.82 Å². The average molecular weight is 273 g/mol. The first-order chi connectivity index (χ1) is 8.47. The molecule has 2 rings (SSSR count). The third-order valence-corrected chi connectivity index (χ3v) is 4.03. The summed E-state index contributed by atoms with van der Waals surface area (Å²) < 4.78 is 19.1. The fourth-order valence-electron chi connectivity index (χ4n) is 2.39. The maximum Gasteiger partial charge on any atom is 0.312 e. The second-order valence-electron chi connectivity index (χ2n) is 4.60. The Morgan fingerprint density at radius 3 is 2.89 bits per heavy atom. The third kappa shape index (κ3) is 2.10. The molecule has 0 aromatic heterocycles. The van der Waals surface area contributed by atoms with Crippen LogP contribution in [0, 0.1) is 11.2 Å². The molecule has 0 aliphatic carbocycles. The first-order valence-electron chi connectivity index (χ1n) is 5.75. The number of halogens is 2. The van der Waals surface area contributed by atoms with Crippen molar-refractivity contribution in [1.29, 1.82) is 0 Å². The van der Waals surface area contributed by atoms with Crippen LogP contribution in [0.15, 0.2) is 18.2 Å². The summed E-state index contributed by atoms with van der Waals surface area (Å²) in [7, 11) is 0. The molecule has 1 heterocycles. The summed E-state index contributed by atoms with van der Waals surface area (Å²) in [6.07, 6.45) is -0.0333. The minimum Gasteiger partial charge on any atom is -0.481 e. The van der Waals surface area contributed by atoms with Gasteiger partial charge >= 0.3 is 5.97 Å². The monoisotopic (exact) mass is 272 g/mol. The maximum absolute atomic E-state index is 13.7. The zero-order valence-electron chi connectivity index (χ0n) is 9.95. The van der Waals surface area contributed by atoms with E-state index in [1.54, 1.807) is 13.0 Å². The number of aliphatic carboxylic acids is 1. The lowest BCUT2D eigenvalue weighted by Crippen LogP contribution is -2.39. The lowest BCUT2D eigenvalue weighted by molar-refractivity contribution is -0.151. The number of rotatable bonds is 3. The minimum absolute atomic E-state index is 0.0506. The van der Waals surface area contributed by atoms with Crippen molar-refractivity contribution in [2.45, 2.75) is 25.9 Å². The van der Waals surface area contributed by atoms with E-state index in [1.165, 1.54) is 12.1 Å². The van der Waals surface area contributed by atoms with Crippen LogP contribution in [0.2, 0.25) is 5.02 Å². The molecule has 1 aromatic rings. The number of hydrogen-bond acceptors (Lipinski definition) is 2. The molecule has 0 saturated carbocycles. The molecule has 1 aliphatic heterocycles. The molecule has 2 atom stereocenters. The van der Waals surface area contributed by atoms with Gasteiger partial charge in [0.15, 0.2) is 0 Å². The Kier molecular flexibility index (Phi) is 3.59. The normalized spacial score (nSPS) is 27.4. The zero-order valence-corrected chi connectivity index (χ0v) is 10.7. The Balaban J connectivity index is 2.39. The summed E-state index contributed by atoms with van der Waals surface area (Å²) in [6, 6.07) is 4.36. The van der Waals surface area contributed by atoms with Crippen LogP contribution in [0.3, 0.4) is 0 Å². The van der Waals surface area contributed by atoms with Crippen LogP contribution in [0.4, 0.5) is 4.39 Å². The SMILES string of the molecule is CC1OCCC1(Cc1c(F)cccc1Cl)C(=O)O. The van der Waals surface area contributed by atoms with Gasteiger partial charge in [-0.3, -0.25) is 4.79 Å². The first-order valence-corrected chi connectivity index (χ1v) is 6.13. The molecule has 0 spiro atoms. The Hall–Kier alpha value is -1.13. The Labute approximate surface area is 110 Å². The largest absolute Gasteiger partial charge is 0.481 e. The maximum atomic E-state index is 13.7. The highest BCUT2D eigenvalue weighted by atomic mass is 35.5. The van der Waals surface area contributed by atoms with Crippen LogP contribution < -0.4 is 0 Å². The van der Waals surface area contributed by atoms with Gasteiger partial charge in [-0.25, -0.2) is 4.39 Å². The van der Waals surface area contributed by atoms with Gasteiger partial charge in [0.25, 0.3) is 0 Å². The summed E-state index contributed by atoms with van der Waals surface area (Å²) >= 11 is 5.95. The average Bonchev–Trinajstić information content (AvgIpc) is 2.67. The lowest BCUT2D eigenvalue weighted by atomic mass is 9.76. The zero-order chi connectivity index (χ0) is 13.3. The Morgan fingerprint density at radius 1 is 1.67 bits per heavy atom. The van der Waals surface area contributed by atoms with Crippen LogP contribution in [0.5, 0.6) is 0 Å². The second kappa shape index (κ2) is 4.86. The van der Waals surface area contributed by atoms with E-state index >= 15 is 0 Å². The van der Waals surface area contributed by atoms with Crippen molar-refractivity contribution in [2.24, 2.45) is 5.41 Å². The van der Waals surface area contributed by atoms with Gasteiger partial charge < -0.3 is 9.84 Å². The van der Waals surface area contributed by atoms with Crippen molar-refractivity contribution in [1.82, 2.24) is 0 Å². The van der Waals surface area contributed by atoms with E-state index in [4.69, 9.17) is 16.3 Å². The molecule has 1 aromatic carbocycles. The van der Waals surface area contributed by atoms with Crippen LogP contribution >= 0.6 is 11.6 Å². The number of hydrogen-bond donors (Lipinski definition) is 1. The van der Waals surface area contributed by atoms with Gasteiger partial charge in [0, 0.05) is 17.2 Å². The fourth-order valence-corrected chi connectivity index (χ4v) is 2.62. The standard InChI is InChI=1S/C13H14ClFO3/c1-8-13(12(16)17,5-6-18-8)7-9-10(14)3-2-4-11(9)15/h2-4,8H,5-7H2,1H3,(H,16,17). The number of ether oxygens (including phenoxy) is 1. The van der Waals surface area contributed by atoms with E-state index in [0.717, 1.165) is 0 Å². The van der Waals surface area contributed by atoms with Gasteiger partial charge in [0.05, 0.1) is 11.5 Å². The molecule has 5 heteroatoms. The van der Waals surface area contributed by atoms with Gasteiger partial charge in [-0.15, -0.1) is 0 Å². The topological polar surface area (TPSA) is 46.5 Å². The Morgan fingerprint density at radius 2 is 2.39 bits per heavy atom.